The third-order valence-corrected chi connectivity index (χ3v) is 6.32. The lowest BCUT2D eigenvalue weighted by atomic mass is 9.53. The summed E-state index contributed by atoms with van der Waals surface area (Å²) in [4.78, 5) is 14.6. The number of urea groups is 1. The maximum atomic E-state index is 12.3. The summed E-state index contributed by atoms with van der Waals surface area (Å²) in [7, 11) is 0. The first-order chi connectivity index (χ1) is 9.13. The monoisotopic (exact) mass is 262 g/mol. The molecule has 106 valence electrons. The van der Waals surface area contributed by atoms with E-state index in [0.717, 1.165) is 30.2 Å². The van der Waals surface area contributed by atoms with Crippen molar-refractivity contribution in [1.29, 1.82) is 0 Å². The zero-order chi connectivity index (χ0) is 13.1. The Kier molecular flexibility index (Phi) is 2.62. The van der Waals surface area contributed by atoms with Crippen molar-refractivity contribution in [1.82, 2.24) is 10.2 Å². The van der Waals surface area contributed by atoms with Crippen LogP contribution < -0.4 is 5.32 Å². The van der Waals surface area contributed by atoms with E-state index in [0.29, 0.717) is 18.0 Å². The summed E-state index contributed by atoms with van der Waals surface area (Å²) < 4.78 is 0. The van der Waals surface area contributed by atoms with Gasteiger partial charge in [-0.1, -0.05) is 13.8 Å². The van der Waals surface area contributed by atoms with Crippen LogP contribution in [0.1, 0.15) is 46.0 Å². The molecule has 19 heavy (non-hydrogen) atoms. The van der Waals surface area contributed by atoms with E-state index >= 15 is 0 Å². The van der Waals surface area contributed by atoms with Crippen LogP contribution in [-0.4, -0.2) is 29.6 Å². The van der Waals surface area contributed by atoms with E-state index in [4.69, 9.17) is 0 Å². The van der Waals surface area contributed by atoms with Gasteiger partial charge in [-0.3, -0.25) is 0 Å². The number of hydrogen-bond acceptors (Lipinski definition) is 1. The fraction of sp³-hybridized carbons (Fsp3) is 0.938. The predicted molar refractivity (Wildman–Crippen MR) is 74.7 cm³/mol. The smallest absolute Gasteiger partial charge is 0.318 e. The van der Waals surface area contributed by atoms with Gasteiger partial charge in [-0.2, -0.15) is 0 Å². The Morgan fingerprint density at radius 2 is 1.63 bits per heavy atom. The summed E-state index contributed by atoms with van der Waals surface area (Å²) in [6, 6.07) is 1.20. The van der Waals surface area contributed by atoms with E-state index in [9.17, 15) is 4.79 Å². The zero-order valence-electron chi connectivity index (χ0n) is 12.1. The molecule has 4 aliphatic carbocycles. The third-order valence-electron chi connectivity index (χ3n) is 6.32. The van der Waals surface area contributed by atoms with Crippen LogP contribution in [0.2, 0.25) is 0 Å². The molecule has 4 saturated carbocycles. The maximum absolute atomic E-state index is 12.3. The number of rotatable bonds is 2. The first kappa shape index (κ1) is 12.0. The highest BCUT2D eigenvalue weighted by molar-refractivity contribution is 5.77. The second-order valence-electron chi connectivity index (χ2n) is 7.83. The van der Waals surface area contributed by atoms with Crippen LogP contribution in [0.25, 0.3) is 0 Å². The number of amides is 2. The Labute approximate surface area is 116 Å². The molecule has 0 aromatic rings. The molecule has 1 atom stereocenters. The topological polar surface area (TPSA) is 32.3 Å². The second kappa shape index (κ2) is 4.13. The lowest BCUT2D eigenvalue weighted by Gasteiger charge is -2.57. The van der Waals surface area contributed by atoms with Gasteiger partial charge in [0.15, 0.2) is 0 Å². The minimum atomic E-state index is 0.219. The zero-order valence-corrected chi connectivity index (χ0v) is 12.1. The minimum Gasteiger partial charge on any atom is -0.336 e. The average Bonchev–Trinajstić information content (AvgIpc) is 2.70. The van der Waals surface area contributed by atoms with Gasteiger partial charge >= 0.3 is 6.03 Å². The van der Waals surface area contributed by atoms with E-state index in [1.807, 2.05) is 0 Å². The second-order valence-corrected chi connectivity index (χ2v) is 7.83. The van der Waals surface area contributed by atoms with Gasteiger partial charge in [-0.15, -0.1) is 0 Å². The molecule has 0 aromatic heterocycles. The van der Waals surface area contributed by atoms with Gasteiger partial charge in [0.05, 0.1) is 6.04 Å². The van der Waals surface area contributed by atoms with Crippen molar-refractivity contribution in [2.75, 3.05) is 6.54 Å². The Hall–Kier alpha value is -0.730. The molecule has 0 spiro atoms. The standard InChI is InChI=1S/C16H26N2O/c1-9(2)14-8-17-16(19)18(14)15-12-4-10-3-11(6-12)7-13(15)5-10/h9-15H,3-8H2,1-2H3,(H,17,19). The molecule has 4 bridgehead atoms. The highest BCUT2D eigenvalue weighted by Gasteiger charge is 2.53. The van der Waals surface area contributed by atoms with Gasteiger partial charge in [-0.25, -0.2) is 4.79 Å². The van der Waals surface area contributed by atoms with Crippen LogP contribution in [0.3, 0.4) is 0 Å². The summed E-state index contributed by atoms with van der Waals surface area (Å²) in [5.74, 6) is 4.16. The van der Waals surface area contributed by atoms with Crippen molar-refractivity contribution in [3.63, 3.8) is 0 Å². The van der Waals surface area contributed by atoms with Crippen LogP contribution in [-0.2, 0) is 0 Å². The fourth-order valence-electron chi connectivity index (χ4n) is 5.80. The molecule has 1 N–H and O–H groups in total. The molecular formula is C16H26N2O. The SMILES string of the molecule is CC(C)C1CNC(=O)N1C1C2CC3CC(C2)CC1C3. The third kappa shape index (κ3) is 1.73. The van der Waals surface area contributed by atoms with Gasteiger partial charge in [-0.05, 0) is 61.7 Å². The van der Waals surface area contributed by atoms with Gasteiger partial charge < -0.3 is 10.2 Å². The molecule has 3 heteroatoms. The largest absolute Gasteiger partial charge is 0.336 e. The lowest BCUT2D eigenvalue weighted by Crippen LogP contribution is -2.59. The summed E-state index contributed by atoms with van der Waals surface area (Å²) in [5.41, 5.74) is 0. The van der Waals surface area contributed by atoms with Crippen LogP contribution in [0.4, 0.5) is 4.79 Å². The predicted octanol–water partition coefficient (Wildman–Crippen LogP) is 2.86. The molecule has 1 unspecified atom stereocenters. The maximum Gasteiger partial charge on any atom is 0.318 e. The summed E-state index contributed by atoms with van der Waals surface area (Å²) in [5, 5.41) is 3.10. The highest BCUT2D eigenvalue weighted by atomic mass is 16.2. The Morgan fingerprint density at radius 3 is 2.16 bits per heavy atom. The van der Waals surface area contributed by atoms with E-state index in [2.05, 4.69) is 24.1 Å². The van der Waals surface area contributed by atoms with Crippen LogP contribution in [0.15, 0.2) is 0 Å². The first-order valence-electron chi connectivity index (χ1n) is 8.19. The van der Waals surface area contributed by atoms with Crippen molar-refractivity contribution in [2.24, 2.45) is 29.6 Å². The number of hydrogen-bond donors (Lipinski definition) is 1. The first-order valence-corrected chi connectivity index (χ1v) is 8.19. The van der Waals surface area contributed by atoms with Crippen molar-refractivity contribution in [2.45, 2.75) is 58.0 Å². The van der Waals surface area contributed by atoms with E-state index < -0.39 is 0 Å². The Bertz CT molecular complexity index is 364. The van der Waals surface area contributed by atoms with Crippen LogP contribution in [0, 0.1) is 29.6 Å². The summed E-state index contributed by atoms with van der Waals surface area (Å²) in [6.07, 6.45) is 7.07. The van der Waals surface area contributed by atoms with Crippen molar-refractivity contribution in [3.8, 4) is 0 Å². The van der Waals surface area contributed by atoms with E-state index in [-0.39, 0.29) is 6.03 Å². The van der Waals surface area contributed by atoms with Gasteiger partial charge in [0.25, 0.3) is 0 Å². The number of nitrogens with one attached hydrogen (secondary N) is 1. The molecule has 5 aliphatic rings. The number of carbonyl (C=O) groups is 1. The summed E-state index contributed by atoms with van der Waals surface area (Å²) >= 11 is 0. The van der Waals surface area contributed by atoms with E-state index in [1.165, 1.54) is 32.1 Å². The van der Waals surface area contributed by atoms with Gasteiger partial charge in [0.1, 0.15) is 0 Å². The summed E-state index contributed by atoms with van der Waals surface area (Å²) in [6.45, 7) is 5.38. The molecule has 1 aliphatic heterocycles. The minimum absolute atomic E-state index is 0.219. The van der Waals surface area contributed by atoms with Gasteiger partial charge in [0, 0.05) is 12.6 Å². The molecule has 5 fully saturated rings. The average molecular weight is 262 g/mol. The molecule has 5 rings (SSSR count). The molecule has 2 amide bonds. The van der Waals surface area contributed by atoms with Crippen molar-refractivity contribution in [3.05, 3.63) is 0 Å². The van der Waals surface area contributed by atoms with E-state index in [1.54, 1.807) is 0 Å². The number of nitrogens with zero attached hydrogens (tertiary/aromatic N) is 1. The quantitative estimate of drug-likeness (QED) is 0.815. The molecule has 1 saturated heterocycles. The molecule has 3 nitrogen and oxygen atoms in total. The van der Waals surface area contributed by atoms with Gasteiger partial charge in [0.2, 0.25) is 0 Å². The molecule has 0 radical (unpaired) electrons. The lowest BCUT2D eigenvalue weighted by molar-refractivity contribution is -0.0589. The molecular weight excluding hydrogens is 236 g/mol. The van der Waals surface area contributed by atoms with Crippen molar-refractivity contribution < 1.29 is 4.79 Å². The fourth-order valence-corrected chi connectivity index (χ4v) is 5.80. The highest BCUT2D eigenvalue weighted by Crippen LogP contribution is 2.55. The van der Waals surface area contributed by atoms with Crippen LogP contribution >= 0.6 is 0 Å². The Morgan fingerprint density at radius 1 is 1.05 bits per heavy atom. The molecule has 0 aromatic carbocycles. The van der Waals surface area contributed by atoms with Crippen LogP contribution in [0.5, 0.6) is 0 Å². The Balaban J connectivity index is 1.62. The van der Waals surface area contributed by atoms with Crippen molar-refractivity contribution >= 4 is 6.03 Å². The normalized spacial score (nSPS) is 48.2. The molecule has 1 heterocycles. The number of carbonyl (C=O) groups excluding carboxylic acids is 1.